The van der Waals surface area contributed by atoms with Crippen LogP contribution in [0.2, 0.25) is 0 Å². The van der Waals surface area contributed by atoms with Crippen molar-refractivity contribution in [3.8, 4) is 17.1 Å². The minimum Gasteiger partial charge on any atom is -0.282 e. The predicted molar refractivity (Wildman–Crippen MR) is 64.5 cm³/mol. The molecule has 0 amide bonds. The van der Waals surface area contributed by atoms with Crippen molar-refractivity contribution in [1.82, 2.24) is 19.7 Å². The van der Waals surface area contributed by atoms with Crippen LogP contribution in [-0.2, 0) is 0 Å². The highest BCUT2D eigenvalue weighted by Crippen LogP contribution is 2.20. The van der Waals surface area contributed by atoms with E-state index in [1.807, 2.05) is 16.7 Å². The van der Waals surface area contributed by atoms with E-state index in [0.717, 1.165) is 11.3 Å². The smallest absolute Gasteiger partial charge is 0.168 e. The van der Waals surface area contributed by atoms with Crippen LogP contribution in [0.15, 0.2) is 55.1 Å². The third-order valence-electron chi connectivity index (χ3n) is 2.59. The quantitative estimate of drug-likeness (QED) is 0.691. The Labute approximate surface area is 103 Å². The van der Waals surface area contributed by atoms with Crippen LogP contribution >= 0.6 is 0 Å². The van der Waals surface area contributed by atoms with Crippen molar-refractivity contribution < 1.29 is 4.39 Å². The molecular formula is C13H9FN4. The monoisotopic (exact) mass is 240 g/mol. The molecule has 2 heterocycles. The first-order valence-electron chi connectivity index (χ1n) is 5.41. The number of benzene rings is 1. The Morgan fingerprint density at radius 3 is 2.39 bits per heavy atom. The highest BCUT2D eigenvalue weighted by Gasteiger charge is 2.08. The van der Waals surface area contributed by atoms with Gasteiger partial charge >= 0.3 is 0 Å². The molecule has 0 bridgehead atoms. The van der Waals surface area contributed by atoms with Crippen molar-refractivity contribution in [2.75, 3.05) is 0 Å². The van der Waals surface area contributed by atoms with E-state index in [1.165, 1.54) is 12.1 Å². The summed E-state index contributed by atoms with van der Waals surface area (Å²) in [5, 5.41) is 7.96. The molecule has 0 N–H and O–H groups in total. The molecule has 0 unspecified atom stereocenters. The Hall–Kier alpha value is -2.56. The van der Waals surface area contributed by atoms with Gasteiger partial charge in [0.05, 0.1) is 5.69 Å². The maximum absolute atomic E-state index is 12.9. The fourth-order valence-electron chi connectivity index (χ4n) is 1.72. The second kappa shape index (κ2) is 4.37. The van der Waals surface area contributed by atoms with E-state index in [-0.39, 0.29) is 5.82 Å². The first kappa shape index (κ1) is 10.6. The second-order valence-corrected chi connectivity index (χ2v) is 3.74. The highest BCUT2D eigenvalue weighted by molar-refractivity contribution is 5.57. The molecule has 0 fully saturated rings. The van der Waals surface area contributed by atoms with Crippen LogP contribution in [0.1, 0.15) is 0 Å². The normalized spacial score (nSPS) is 10.5. The van der Waals surface area contributed by atoms with Crippen molar-refractivity contribution >= 4 is 0 Å². The molecule has 2 aromatic heterocycles. The van der Waals surface area contributed by atoms with Crippen molar-refractivity contribution in [3.63, 3.8) is 0 Å². The van der Waals surface area contributed by atoms with Crippen LogP contribution in [0.5, 0.6) is 0 Å². The molecule has 0 atom stereocenters. The second-order valence-electron chi connectivity index (χ2n) is 3.74. The maximum atomic E-state index is 12.9. The van der Waals surface area contributed by atoms with Crippen molar-refractivity contribution in [3.05, 3.63) is 60.9 Å². The molecule has 0 aliphatic rings. The van der Waals surface area contributed by atoms with Crippen LogP contribution in [0, 0.1) is 5.82 Å². The number of pyridine rings is 1. The Kier molecular flexibility index (Phi) is 2.57. The third-order valence-corrected chi connectivity index (χ3v) is 2.59. The summed E-state index contributed by atoms with van der Waals surface area (Å²) in [6.07, 6.45) is 5.02. The van der Waals surface area contributed by atoms with Gasteiger partial charge in [0.2, 0.25) is 0 Å². The summed E-state index contributed by atoms with van der Waals surface area (Å²) < 4.78 is 14.7. The first-order chi connectivity index (χ1) is 8.84. The molecule has 0 saturated heterocycles. The van der Waals surface area contributed by atoms with Crippen molar-refractivity contribution in [2.24, 2.45) is 0 Å². The third kappa shape index (κ3) is 1.86. The molecule has 3 aromatic rings. The number of halogens is 1. The van der Waals surface area contributed by atoms with E-state index in [1.54, 1.807) is 30.9 Å². The average Bonchev–Trinajstić information content (AvgIpc) is 2.90. The SMILES string of the molecule is Fc1ccc(-c2nncn2-c2ccncc2)cc1. The van der Waals surface area contributed by atoms with Gasteiger partial charge in [-0.25, -0.2) is 4.39 Å². The summed E-state index contributed by atoms with van der Waals surface area (Å²) in [6, 6.07) is 9.88. The summed E-state index contributed by atoms with van der Waals surface area (Å²) >= 11 is 0. The number of aromatic nitrogens is 4. The van der Waals surface area contributed by atoms with E-state index < -0.39 is 0 Å². The lowest BCUT2D eigenvalue weighted by Gasteiger charge is -2.05. The van der Waals surface area contributed by atoms with Crippen LogP contribution in [0.25, 0.3) is 17.1 Å². The lowest BCUT2D eigenvalue weighted by atomic mass is 10.2. The standard InChI is InChI=1S/C13H9FN4/c14-11-3-1-10(2-4-11)13-17-16-9-18(13)12-5-7-15-8-6-12/h1-9H. The van der Waals surface area contributed by atoms with Gasteiger partial charge in [-0.2, -0.15) is 0 Å². The average molecular weight is 240 g/mol. The fraction of sp³-hybridized carbons (Fsp3) is 0. The number of hydrogen-bond acceptors (Lipinski definition) is 3. The molecule has 18 heavy (non-hydrogen) atoms. The molecule has 1 aromatic carbocycles. The van der Waals surface area contributed by atoms with Gasteiger partial charge in [-0.15, -0.1) is 10.2 Å². The molecule has 0 saturated carbocycles. The van der Waals surface area contributed by atoms with E-state index in [0.29, 0.717) is 5.82 Å². The van der Waals surface area contributed by atoms with Gasteiger partial charge in [-0.3, -0.25) is 9.55 Å². The van der Waals surface area contributed by atoms with Crippen LogP contribution in [-0.4, -0.2) is 19.7 Å². The molecule has 0 aliphatic carbocycles. The Morgan fingerprint density at radius 1 is 0.944 bits per heavy atom. The van der Waals surface area contributed by atoms with E-state index in [2.05, 4.69) is 15.2 Å². The number of rotatable bonds is 2. The molecule has 88 valence electrons. The Balaban J connectivity index is 2.10. The summed E-state index contributed by atoms with van der Waals surface area (Å²) in [6.45, 7) is 0. The molecular weight excluding hydrogens is 231 g/mol. The van der Waals surface area contributed by atoms with Gasteiger partial charge in [-0.1, -0.05) is 0 Å². The van der Waals surface area contributed by atoms with Crippen molar-refractivity contribution in [1.29, 1.82) is 0 Å². The minimum absolute atomic E-state index is 0.270. The van der Waals surface area contributed by atoms with Crippen LogP contribution in [0.3, 0.4) is 0 Å². The summed E-state index contributed by atoms with van der Waals surface area (Å²) in [4.78, 5) is 3.97. The predicted octanol–water partition coefficient (Wildman–Crippen LogP) is 2.47. The van der Waals surface area contributed by atoms with Crippen molar-refractivity contribution in [2.45, 2.75) is 0 Å². The Bertz CT molecular complexity index is 646. The van der Waals surface area contributed by atoms with Gasteiger partial charge in [0.25, 0.3) is 0 Å². The van der Waals surface area contributed by atoms with Gasteiger partial charge in [0.1, 0.15) is 12.1 Å². The van der Waals surface area contributed by atoms with Gasteiger partial charge in [0, 0.05) is 18.0 Å². The molecule has 0 radical (unpaired) electrons. The van der Waals surface area contributed by atoms with Gasteiger partial charge in [-0.05, 0) is 36.4 Å². The lowest BCUT2D eigenvalue weighted by molar-refractivity contribution is 0.628. The summed E-state index contributed by atoms with van der Waals surface area (Å²) in [5.41, 5.74) is 1.72. The van der Waals surface area contributed by atoms with Crippen LogP contribution in [0.4, 0.5) is 4.39 Å². The Morgan fingerprint density at radius 2 is 1.67 bits per heavy atom. The number of hydrogen-bond donors (Lipinski definition) is 0. The fourth-order valence-corrected chi connectivity index (χ4v) is 1.72. The highest BCUT2D eigenvalue weighted by atomic mass is 19.1. The van der Waals surface area contributed by atoms with Crippen LogP contribution < -0.4 is 0 Å². The first-order valence-corrected chi connectivity index (χ1v) is 5.41. The molecule has 3 rings (SSSR count). The zero-order valence-corrected chi connectivity index (χ0v) is 9.36. The zero-order chi connectivity index (χ0) is 12.4. The van der Waals surface area contributed by atoms with E-state index in [4.69, 9.17) is 0 Å². The molecule has 0 aliphatic heterocycles. The lowest BCUT2D eigenvalue weighted by Crippen LogP contribution is -1.96. The topological polar surface area (TPSA) is 43.6 Å². The molecule has 4 nitrogen and oxygen atoms in total. The zero-order valence-electron chi connectivity index (χ0n) is 9.36. The number of nitrogens with zero attached hydrogens (tertiary/aromatic N) is 4. The van der Waals surface area contributed by atoms with E-state index in [9.17, 15) is 4.39 Å². The summed E-state index contributed by atoms with van der Waals surface area (Å²) in [7, 11) is 0. The van der Waals surface area contributed by atoms with Gasteiger partial charge in [0.15, 0.2) is 5.82 Å². The summed E-state index contributed by atoms with van der Waals surface area (Å²) in [5.74, 6) is 0.398. The van der Waals surface area contributed by atoms with E-state index >= 15 is 0 Å². The molecule has 0 spiro atoms. The van der Waals surface area contributed by atoms with Gasteiger partial charge < -0.3 is 0 Å². The molecule has 5 heteroatoms. The minimum atomic E-state index is -0.270. The largest absolute Gasteiger partial charge is 0.282 e. The maximum Gasteiger partial charge on any atom is 0.168 e.